The molecule has 2 N–H and O–H groups in total. The Kier molecular flexibility index (Phi) is 4.00. The Morgan fingerprint density at radius 2 is 2.20 bits per heavy atom. The lowest BCUT2D eigenvalue weighted by molar-refractivity contribution is 0.0831. The van der Waals surface area contributed by atoms with Crippen molar-refractivity contribution in [1.29, 1.82) is 5.26 Å². The van der Waals surface area contributed by atoms with Gasteiger partial charge in [-0.1, -0.05) is 12.1 Å². The van der Waals surface area contributed by atoms with Gasteiger partial charge in [-0.05, 0) is 36.1 Å². The zero-order valence-corrected chi connectivity index (χ0v) is 16.6. The predicted molar refractivity (Wildman–Crippen MR) is 113 cm³/mol. The topological polar surface area (TPSA) is 87.3 Å². The van der Waals surface area contributed by atoms with Crippen LogP contribution < -0.4 is 10.6 Å². The van der Waals surface area contributed by atoms with E-state index in [1.54, 1.807) is 6.20 Å². The summed E-state index contributed by atoms with van der Waals surface area (Å²) < 4.78 is 7.28. The van der Waals surface area contributed by atoms with Gasteiger partial charge >= 0.3 is 0 Å². The fraction of sp³-hybridized carbons (Fsp3) is 0.348. The summed E-state index contributed by atoms with van der Waals surface area (Å²) in [4.78, 5) is 4.83. The Morgan fingerprint density at radius 1 is 1.27 bits per heavy atom. The Balaban J connectivity index is 1.45. The van der Waals surface area contributed by atoms with Crippen LogP contribution in [0.15, 0.2) is 42.9 Å². The van der Waals surface area contributed by atoms with Crippen LogP contribution in [0.5, 0.6) is 0 Å². The van der Waals surface area contributed by atoms with E-state index in [2.05, 4.69) is 46.1 Å². The minimum atomic E-state index is -0.0417. The number of piperidine rings is 1. The van der Waals surface area contributed by atoms with E-state index in [-0.39, 0.29) is 5.54 Å². The number of nitriles is 1. The fourth-order valence-corrected chi connectivity index (χ4v) is 4.99. The van der Waals surface area contributed by atoms with Crippen LogP contribution in [0.25, 0.3) is 22.2 Å². The summed E-state index contributed by atoms with van der Waals surface area (Å²) in [7, 11) is 0. The molecule has 4 aliphatic heterocycles. The third kappa shape index (κ3) is 2.69. The van der Waals surface area contributed by atoms with E-state index >= 15 is 0 Å². The first-order valence-corrected chi connectivity index (χ1v) is 10.4. The molecule has 30 heavy (non-hydrogen) atoms. The van der Waals surface area contributed by atoms with E-state index in [1.807, 2.05) is 16.9 Å². The monoisotopic (exact) mass is 398 g/mol. The lowest BCUT2D eigenvalue weighted by Gasteiger charge is -2.53. The number of nitrogens with one attached hydrogen (secondary N) is 2. The molecule has 3 aromatic heterocycles. The van der Waals surface area contributed by atoms with Crippen molar-refractivity contribution in [2.24, 2.45) is 0 Å². The number of rotatable bonds is 3. The zero-order valence-electron chi connectivity index (χ0n) is 16.6. The van der Waals surface area contributed by atoms with E-state index in [9.17, 15) is 5.26 Å². The minimum absolute atomic E-state index is 0.0417. The second-order valence-corrected chi connectivity index (χ2v) is 8.35. The molecule has 2 bridgehead atoms. The van der Waals surface area contributed by atoms with Gasteiger partial charge in [0.15, 0.2) is 0 Å². The molecule has 7 heterocycles. The molecule has 4 aliphatic rings. The van der Waals surface area contributed by atoms with Gasteiger partial charge in [-0.2, -0.15) is 10.4 Å². The van der Waals surface area contributed by atoms with E-state index < -0.39 is 0 Å². The molecule has 7 heteroatoms. The summed E-state index contributed by atoms with van der Waals surface area (Å²) in [6.07, 6.45) is 9.69. The maximum absolute atomic E-state index is 9.61. The van der Waals surface area contributed by atoms with E-state index in [4.69, 9.17) is 9.72 Å². The van der Waals surface area contributed by atoms with Crippen LogP contribution in [0.4, 0.5) is 0 Å². The first-order chi connectivity index (χ1) is 14.8. The highest BCUT2D eigenvalue weighted by Gasteiger charge is 2.48. The van der Waals surface area contributed by atoms with E-state index in [0.717, 1.165) is 60.4 Å². The molecule has 0 spiro atoms. The highest BCUT2D eigenvalue weighted by molar-refractivity contribution is 5.86. The van der Waals surface area contributed by atoms with Crippen molar-refractivity contribution >= 4 is 11.1 Å². The van der Waals surface area contributed by atoms with Crippen molar-refractivity contribution in [1.82, 2.24) is 25.2 Å². The summed E-state index contributed by atoms with van der Waals surface area (Å²) in [5.74, 6) is 0. The quantitative estimate of drug-likeness (QED) is 0.704. The maximum Gasteiger partial charge on any atom is 0.103 e. The molecule has 0 amide bonds. The van der Waals surface area contributed by atoms with Crippen LogP contribution in [-0.2, 0) is 10.3 Å². The molecule has 3 fully saturated rings. The lowest BCUT2D eigenvalue weighted by atomic mass is 9.75. The number of hydrogen-bond donors (Lipinski definition) is 2. The molecule has 0 radical (unpaired) electrons. The molecule has 7 rings (SSSR count). The van der Waals surface area contributed by atoms with Crippen molar-refractivity contribution < 1.29 is 4.74 Å². The normalized spacial score (nSPS) is 25.4. The van der Waals surface area contributed by atoms with Crippen LogP contribution in [0.2, 0.25) is 0 Å². The molecule has 2 atom stereocenters. The summed E-state index contributed by atoms with van der Waals surface area (Å²) in [5.41, 5.74) is 6.75. The van der Waals surface area contributed by atoms with Gasteiger partial charge in [0.05, 0.1) is 41.7 Å². The first-order valence-electron chi connectivity index (χ1n) is 10.4. The summed E-state index contributed by atoms with van der Waals surface area (Å²) in [6.45, 7) is 3.30. The van der Waals surface area contributed by atoms with Gasteiger partial charge in [0.25, 0.3) is 0 Å². The Labute approximate surface area is 174 Å². The number of ether oxygens (including phenoxy) is 1. The van der Waals surface area contributed by atoms with Crippen LogP contribution >= 0.6 is 0 Å². The number of piperazine rings is 1. The highest BCUT2D eigenvalue weighted by atomic mass is 16.5. The molecule has 7 nitrogen and oxygen atoms in total. The van der Waals surface area contributed by atoms with Crippen molar-refractivity contribution in [3.05, 3.63) is 59.7 Å². The number of fused-ring (bicyclic) bond motifs is 3. The molecule has 3 saturated heterocycles. The minimum Gasteiger partial charge on any atom is -0.377 e. The standard InChI is InChI=1S/C23H22N6O/c24-9-18-11-27-29-13-17(15-3-5-30-6-4-15)7-20(22(18)29)16-1-2-21(26-10-16)23-8-19(28-23)12-25-14-23/h1-3,7,10-11,13,19,25,28H,4-6,8,12,14H2. The van der Waals surface area contributed by atoms with Crippen LogP contribution in [0.1, 0.15) is 29.7 Å². The molecule has 2 unspecified atom stereocenters. The molecule has 3 aromatic rings. The smallest absolute Gasteiger partial charge is 0.103 e. The maximum atomic E-state index is 9.61. The molecule has 150 valence electrons. The van der Waals surface area contributed by atoms with Crippen molar-refractivity contribution in [2.75, 3.05) is 26.3 Å². The van der Waals surface area contributed by atoms with Crippen molar-refractivity contribution in [2.45, 2.75) is 24.4 Å². The van der Waals surface area contributed by atoms with Crippen molar-refractivity contribution in [3.8, 4) is 17.2 Å². The van der Waals surface area contributed by atoms with E-state index in [0.29, 0.717) is 18.2 Å². The van der Waals surface area contributed by atoms with Gasteiger partial charge in [-0.25, -0.2) is 4.52 Å². The van der Waals surface area contributed by atoms with Crippen LogP contribution in [-0.4, -0.2) is 46.9 Å². The zero-order chi connectivity index (χ0) is 20.1. The number of hydrogen-bond acceptors (Lipinski definition) is 6. The van der Waals surface area contributed by atoms with E-state index in [1.165, 1.54) is 5.57 Å². The van der Waals surface area contributed by atoms with Crippen LogP contribution in [0, 0.1) is 11.3 Å². The number of pyridine rings is 2. The third-order valence-corrected chi connectivity index (χ3v) is 6.52. The fourth-order valence-electron chi connectivity index (χ4n) is 4.99. The summed E-state index contributed by atoms with van der Waals surface area (Å²) in [5, 5.41) is 21.2. The molecule has 0 saturated carbocycles. The predicted octanol–water partition coefficient (Wildman–Crippen LogP) is 2.23. The van der Waals surface area contributed by atoms with Gasteiger partial charge in [0.2, 0.25) is 0 Å². The molecular formula is C23H22N6O. The number of aromatic nitrogens is 3. The summed E-state index contributed by atoms with van der Waals surface area (Å²) in [6, 6.07) is 9.22. The van der Waals surface area contributed by atoms with Crippen molar-refractivity contribution in [3.63, 3.8) is 0 Å². The van der Waals surface area contributed by atoms with Gasteiger partial charge < -0.3 is 15.4 Å². The van der Waals surface area contributed by atoms with Gasteiger partial charge in [-0.15, -0.1) is 0 Å². The second kappa shape index (κ2) is 6.74. The molecular weight excluding hydrogens is 376 g/mol. The van der Waals surface area contributed by atoms with Gasteiger partial charge in [-0.3, -0.25) is 4.98 Å². The average Bonchev–Trinajstić information content (AvgIpc) is 3.22. The van der Waals surface area contributed by atoms with Gasteiger partial charge in [0, 0.05) is 42.7 Å². The number of nitrogens with zero attached hydrogens (tertiary/aromatic N) is 4. The SMILES string of the molecule is N#Cc1cnn2cc(C3=CCOCC3)cc(-c3ccc(C45CNCC(C4)N5)nc3)c12. The second-order valence-electron chi connectivity index (χ2n) is 8.35. The first kappa shape index (κ1) is 17.8. The van der Waals surface area contributed by atoms with Crippen LogP contribution in [0.3, 0.4) is 0 Å². The summed E-state index contributed by atoms with van der Waals surface area (Å²) >= 11 is 0. The molecule has 0 aliphatic carbocycles. The average molecular weight is 398 g/mol. The Hall–Kier alpha value is -3.05. The Bertz CT molecular complexity index is 1190. The lowest BCUT2D eigenvalue weighted by Crippen LogP contribution is -2.72. The Morgan fingerprint density at radius 3 is 2.90 bits per heavy atom. The van der Waals surface area contributed by atoms with Gasteiger partial charge in [0.1, 0.15) is 6.07 Å². The third-order valence-electron chi connectivity index (χ3n) is 6.52. The largest absolute Gasteiger partial charge is 0.377 e. The molecule has 0 aromatic carbocycles. The highest BCUT2D eigenvalue weighted by Crippen LogP contribution is 2.37.